The van der Waals surface area contributed by atoms with E-state index in [0.717, 1.165) is 17.8 Å². The molecule has 40 heavy (non-hydrogen) atoms. The Morgan fingerprint density at radius 2 is 0.900 bits per heavy atom. The van der Waals surface area contributed by atoms with Gasteiger partial charge in [-0.15, -0.1) is 0 Å². The van der Waals surface area contributed by atoms with Crippen LogP contribution in [0.15, 0.2) is 0 Å². The summed E-state index contributed by atoms with van der Waals surface area (Å²) in [5.74, 6) is 2.94. The molecule has 1 heterocycles. The molecule has 0 radical (unpaired) electrons. The lowest BCUT2D eigenvalue weighted by atomic mass is 9.50. The van der Waals surface area contributed by atoms with Crippen LogP contribution in [-0.4, -0.2) is 78.3 Å². The monoisotopic (exact) mass is 702 g/mol. The van der Waals surface area contributed by atoms with Crippen molar-refractivity contribution in [2.24, 2.45) is 23.2 Å². The molecule has 5 rings (SSSR count). The molecule has 1 aliphatic heterocycles. The number of rotatable bonds is 7. The van der Waals surface area contributed by atoms with Crippen LogP contribution < -0.4 is 0 Å². The fourth-order valence-corrected chi connectivity index (χ4v) is 447. The second-order valence-corrected chi connectivity index (χ2v) is 120. The summed E-state index contributed by atoms with van der Waals surface area (Å²) in [4.78, 5) is 0. The largest absolute Gasteiger partial charge is 0.424 e. The Labute approximate surface area is 258 Å². The first kappa shape index (κ1) is 34.7. The highest BCUT2D eigenvalue weighted by Crippen LogP contribution is 2.67. The molecule has 1 unspecified atom stereocenters. The van der Waals surface area contributed by atoms with E-state index in [9.17, 15) is 0 Å². The molecule has 0 amide bonds. The maximum atomic E-state index is 7.98. The summed E-state index contributed by atoms with van der Waals surface area (Å²) in [6.07, 6.45) is 7.52. The molecule has 4 saturated carbocycles. The number of hydrogen-bond donors (Lipinski definition) is 0. The lowest BCUT2D eigenvalue weighted by Gasteiger charge is -2.81. The predicted molar refractivity (Wildman–Crippen MR) is 204 cm³/mol. The zero-order valence-corrected chi connectivity index (χ0v) is 39.4. The van der Waals surface area contributed by atoms with Crippen LogP contribution in [0.2, 0.25) is 111 Å². The van der Waals surface area contributed by atoms with E-state index < -0.39 is 65.4 Å². The van der Waals surface area contributed by atoms with E-state index in [0.29, 0.717) is 11.1 Å². The summed E-state index contributed by atoms with van der Waals surface area (Å²) >= 11 is 0. The molecule has 4 bridgehead atoms. The van der Waals surface area contributed by atoms with Crippen LogP contribution in [0.3, 0.4) is 0 Å². The Balaban J connectivity index is 2.12. The quantitative estimate of drug-likeness (QED) is 0.247. The van der Waals surface area contributed by atoms with Gasteiger partial charge in [0.1, 0.15) is 0 Å². The molecule has 11 heteroatoms. The maximum Gasteiger partial charge on any atom is 0.189 e. The van der Waals surface area contributed by atoms with Crippen LogP contribution in [0.5, 0.6) is 0 Å². The molecule has 0 aromatic rings. The summed E-state index contributed by atoms with van der Waals surface area (Å²) in [6.45, 7) is 49.1. The van der Waals surface area contributed by atoms with Crippen molar-refractivity contribution in [3.8, 4) is 0 Å². The van der Waals surface area contributed by atoms with Gasteiger partial charge in [0, 0.05) is 42.7 Å². The first-order valence-corrected chi connectivity index (χ1v) is 51.3. The fraction of sp³-hybridized carbons (Fsp3) is 1.00. The molecule has 2 nitrogen and oxygen atoms in total. The third kappa shape index (κ3) is 4.12. The highest BCUT2D eigenvalue weighted by Gasteiger charge is 2.89. The van der Waals surface area contributed by atoms with E-state index in [4.69, 9.17) is 8.85 Å². The zero-order valence-electron chi connectivity index (χ0n) is 30.4. The lowest BCUT2D eigenvalue weighted by Crippen LogP contribution is -3.12. The van der Waals surface area contributed by atoms with Gasteiger partial charge in [-0.25, -0.2) is 0 Å². The minimum atomic E-state index is -2.26. The lowest BCUT2D eigenvalue weighted by molar-refractivity contribution is -0.0944. The second-order valence-electron chi connectivity index (χ2n) is 20.6. The van der Waals surface area contributed by atoms with Crippen molar-refractivity contribution in [3.63, 3.8) is 0 Å². The molecule has 1 atom stereocenters. The summed E-state index contributed by atoms with van der Waals surface area (Å²) in [5, 5.41) is 0. The van der Waals surface area contributed by atoms with Crippen LogP contribution in [0, 0.1) is 23.2 Å². The normalized spacial score (nSPS) is 37.8. The molecule has 0 spiro atoms. The highest BCUT2D eigenvalue weighted by molar-refractivity contribution is 8.27. The van der Waals surface area contributed by atoms with Gasteiger partial charge in [-0.3, -0.25) is 0 Å². The smallest absolute Gasteiger partial charge is 0.189 e. The van der Waals surface area contributed by atoms with Crippen molar-refractivity contribution in [1.29, 1.82) is 0 Å². The molecule has 5 fully saturated rings. The van der Waals surface area contributed by atoms with Crippen LogP contribution in [-0.2, 0) is 8.85 Å². The fourth-order valence-electron chi connectivity index (χ4n) is 15.1. The SMILES string of the molecule is CO[Si]1(C(O[Si](C)(C)C)C23CC4CC(CC(C4)C2)C3)[Si](C)(C)[Si](C)(C)[Si]([Si](C)(C)C)([Si](C)(C)C)[Si](C)(C)[Si]1(C)C. The maximum absolute atomic E-state index is 7.98. The van der Waals surface area contributed by atoms with E-state index in [-0.39, 0.29) is 0 Å². The van der Waals surface area contributed by atoms with Gasteiger partial charge in [0.25, 0.3) is 0 Å². The molecule has 5 aliphatic rings. The van der Waals surface area contributed by atoms with Crippen molar-refractivity contribution >= 4 is 65.4 Å². The molecule has 0 N–H and O–H groups in total. The Morgan fingerprint density at radius 1 is 0.575 bits per heavy atom. The summed E-state index contributed by atoms with van der Waals surface area (Å²) in [7, 11) is -11.4. The van der Waals surface area contributed by atoms with Crippen molar-refractivity contribution < 1.29 is 8.85 Å². The van der Waals surface area contributed by atoms with Gasteiger partial charge in [0.05, 0.1) is 19.9 Å². The molecule has 234 valence electrons. The van der Waals surface area contributed by atoms with E-state index >= 15 is 0 Å². The van der Waals surface area contributed by atoms with Gasteiger partial charge < -0.3 is 8.85 Å². The Bertz CT molecular complexity index is 921. The van der Waals surface area contributed by atoms with Crippen LogP contribution in [0.25, 0.3) is 0 Å². The van der Waals surface area contributed by atoms with Gasteiger partial charge in [0.15, 0.2) is 15.7 Å². The van der Waals surface area contributed by atoms with Gasteiger partial charge in [-0.1, -0.05) is 91.7 Å². The molecule has 1 saturated heterocycles. The topological polar surface area (TPSA) is 18.5 Å². The Morgan fingerprint density at radius 3 is 1.15 bits per heavy atom. The summed E-state index contributed by atoms with van der Waals surface area (Å²) < 4.78 is 15.8. The molecule has 0 aromatic carbocycles. The molecular formula is C29H70O2Si9. The minimum Gasteiger partial charge on any atom is -0.424 e. The van der Waals surface area contributed by atoms with Crippen molar-refractivity contribution in [3.05, 3.63) is 0 Å². The van der Waals surface area contributed by atoms with Gasteiger partial charge in [-0.2, -0.15) is 0 Å². The number of hydrogen-bond acceptors (Lipinski definition) is 2. The molecular weight excluding hydrogens is 633 g/mol. The van der Waals surface area contributed by atoms with E-state index in [2.05, 4.69) is 118 Å². The van der Waals surface area contributed by atoms with Crippen molar-refractivity contribution in [1.82, 2.24) is 0 Å². The zero-order chi connectivity index (χ0) is 31.0. The van der Waals surface area contributed by atoms with Crippen LogP contribution >= 0.6 is 0 Å². The average molecular weight is 704 g/mol. The van der Waals surface area contributed by atoms with E-state index in [1.54, 1.807) is 0 Å². The third-order valence-corrected chi connectivity index (χ3v) is 238. The van der Waals surface area contributed by atoms with Crippen LogP contribution in [0.4, 0.5) is 0 Å². The van der Waals surface area contributed by atoms with E-state index in [1.807, 2.05) is 0 Å². The van der Waals surface area contributed by atoms with E-state index in [1.165, 1.54) is 38.5 Å². The minimum absolute atomic E-state index is 0.431. The van der Waals surface area contributed by atoms with Gasteiger partial charge >= 0.3 is 0 Å². The Kier molecular flexibility index (Phi) is 8.42. The van der Waals surface area contributed by atoms with Gasteiger partial charge in [0.2, 0.25) is 0 Å². The van der Waals surface area contributed by atoms with Gasteiger partial charge in [-0.05, 0) is 81.3 Å². The standard InChI is InChI=1S/C29H70O2Si9/c1-30-39(28(31-32(2,3)4)29-22-25-19-26(23-29)21-27(20-25)24-29)35(11,12)37(15,16)40(33(5,6)7,34(8,9)10)38(17,18)36(39,13)14/h25-28H,19-24H2,1-18H3. The molecule has 0 aromatic heterocycles. The van der Waals surface area contributed by atoms with Crippen LogP contribution in [0.1, 0.15) is 38.5 Å². The first-order chi connectivity index (χ1) is 17.6. The highest BCUT2D eigenvalue weighted by atomic mass is 30.4. The average Bonchev–Trinajstić information content (AvgIpc) is 2.68. The summed E-state index contributed by atoms with van der Waals surface area (Å²) in [5.41, 5.74) is 0.919. The first-order valence-electron chi connectivity index (χ1n) is 16.9. The summed E-state index contributed by atoms with van der Waals surface area (Å²) in [6, 6.07) is 0. The second kappa shape index (κ2) is 9.69. The third-order valence-electron chi connectivity index (χ3n) is 14.9. The van der Waals surface area contributed by atoms with Crippen molar-refractivity contribution in [2.75, 3.05) is 7.11 Å². The predicted octanol–water partition coefficient (Wildman–Crippen LogP) is 9.15. The Hall–Kier alpha value is 1.87. The van der Waals surface area contributed by atoms with Crippen molar-refractivity contribution in [2.45, 2.75) is 156 Å². The molecule has 4 aliphatic carbocycles.